The maximum atomic E-state index is 10.9. The molecule has 0 saturated heterocycles. The Morgan fingerprint density at radius 3 is 2.33 bits per heavy atom. The molecule has 0 bridgehead atoms. The van der Waals surface area contributed by atoms with E-state index in [-0.39, 0.29) is 18.1 Å². The van der Waals surface area contributed by atoms with Crippen LogP contribution < -0.4 is 0 Å². The van der Waals surface area contributed by atoms with E-state index in [0.29, 0.717) is 0 Å². The van der Waals surface area contributed by atoms with E-state index in [2.05, 4.69) is 18.7 Å². The van der Waals surface area contributed by atoms with E-state index < -0.39 is 5.97 Å². The van der Waals surface area contributed by atoms with Crippen molar-refractivity contribution >= 4 is 5.97 Å². The second-order valence-electron chi connectivity index (χ2n) is 4.23. The van der Waals surface area contributed by atoms with Crippen molar-refractivity contribution in [1.29, 1.82) is 0 Å². The molecule has 0 aromatic heterocycles. The maximum absolute atomic E-state index is 10.9. The molecule has 4 nitrogen and oxygen atoms in total. The van der Waals surface area contributed by atoms with Gasteiger partial charge in [-0.2, -0.15) is 0 Å². The van der Waals surface area contributed by atoms with Gasteiger partial charge < -0.3 is 9.84 Å². The molecule has 0 amide bonds. The molecule has 1 aliphatic carbocycles. The average molecular weight is 215 g/mol. The minimum absolute atomic E-state index is 0.157. The van der Waals surface area contributed by atoms with Crippen LogP contribution in [0.5, 0.6) is 0 Å². The summed E-state index contributed by atoms with van der Waals surface area (Å²) in [6, 6.07) is 0. The van der Waals surface area contributed by atoms with Crippen molar-refractivity contribution < 1.29 is 14.6 Å². The van der Waals surface area contributed by atoms with Crippen LogP contribution in [0.2, 0.25) is 0 Å². The van der Waals surface area contributed by atoms with Crippen LogP contribution in [0.3, 0.4) is 0 Å². The van der Waals surface area contributed by atoms with Crippen molar-refractivity contribution in [3.8, 4) is 0 Å². The minimum atomic E-state index is -0.712. The molecule has 0 heterocycles. The van der Waals surface area contributed by atoms with Crippen molar-refractivity contribution in [1.82, 2.24) is 4.90 Å². The molecule has 88 valence electrons. The fraction of sp³-hybridized carbons (Fsp3) is 0.909. The van der Waals surface area contributed by atoms with Crippen LogP contribution in [0.25, 0.3) is 0 Å². The third kappa shape index (κ3) is 2.49. The lowest BCUT2D eigenvalue weighted by molar-refractivity contribution is -0.148. The smallest absolute Gasteiger partial charge is 0.305 e. The third-order valence-corrected chi connectivity index (χ3v) is 3.46. The molecule has 0 radical (unpaired) electrons. The fourth-order valence-corrected chi connectivity index (χ4v) is 2.64. The molecule has 4 heteroatoms. The van der Waals surface area contributed by atoms with Crippen molar-refractivity contribution in [2.45, 2.75) is 44.8 Å². The van der Waals surface area contributed by atoms with E-state index in [0.717, 1.165) is 25.9 Å². The van der Waals surface area contributed by atoms with Crippen LogP contribution in [0.1, 0.15) is 33.1 Å². The Bertz CT molecular complexity index is 220. The molecule has 0 spiro atoms. The molecule has 1 fully saturated rings. The average Bonchev–Trinajstić information content (AvgIpc) is 2.13. The van der Waals surface area contributed by atoms with Crippen LogP contribution in [-0.2, 0) is 9.53 Å². The number of hydrogen-bond donors (Lipinski definition) is 1. The molecule has 0 aromatic carbocycles. The highest BCUT2D eigenvalue weighted by Gasteiger charge is 2.49. The fourth-order valence-electron chi connectivity index (χ4n) is 2.64. The van der Waals surface area contributed by atoms with Gasteiger partial charge >= 0.3 is 5.97 Å². The molecule has 1 N–H and O–H groups in total. The van der Waals surface area contributed by atoms with Crippen LogP contribution in [0, 0.1) is 0 Å². The summed E-state index contributed by atoms with van der Waals surface area (Å²) in [6.07, 6.45) is 2.16. The predicted octanol–water partition coefficient (Wildman–Crippen LogP) is 1.35. The molecule has 0 aromatic rings. The molecular weight excluding hydrogens is 194 g/mol. The Morgan fingerprint density at radius 2 is 2.00 bits per heavy atom. The van der Waals surface area contributed by atoms with Gasteiger partial charge in [0.1, 0.15) is 0 Å². The lowest BCUT2D eigenvalue weighted by atomic mass is 9.70. The van der Waals surface area contributed by atoms with E-state index >= 15 is 0 Å². The second-order valence-corrected chi connectivity index (χ2v) is 4.23. The van der Waals surface area contributed by atoms with E-state index in [4.69, 9.17) is 9.84 Å². The molecule has 1 saturated carbocycles. The number of rotatable bonds is 6. The quantitative estimate of drug-likeness (QED) is 0.726. The zero-order valence-corrected chi connectivity index (χ0v) is 9.82. The summed E-state index contributed by atoms with van der Waals surface area (Å²) in [5, 5.41) is 8.95. The van der Waals surface area contributed by atoms with Gasteiger partial charge in [-0.1, -0.05) is 13.8 Å². The highest BCUT2D eigenvalue weighted by Crippen LogP contribution is 2.42. The van der Waals surface area contributed by atoms with E-state index in [9.17, 15) is 4.79 Å². The molecule has 0 aliphatic heterocycles. The number of nitrogens with zero attached hydrogens (tertiary/aromatic N) is 1. The molecule has 0 unspecified atom stereocenters. The van der Waals surface area contributed by atoms with Crippen molar-refractivity contribution in [3.05, 3.63) is 0 Å². The molecule has 1 aliphatic rings. The number of ether oxygens (including phenoxy) is 1. The lowest BCUT2D eigenvalue weighted by Gasteiger charge is -2.52. The number of carboxylic acids is 1. The highest BCUT2D eigenvalue weighted by molar-refractivity contribution is 5.68. The zero-order chi connectivity index (χ0) is 11.5. The van der Waals surface area contributed by atoms with Crippen molar-refractivity contribution in [2.75, 3.05) is 20.2 Å². The Hall–Kier alpha value is -0.610. The molecule has 1 rings (SSSR count). The Balaban J connectivity index is 2.66. The molecule has 15 heavy (non-hydrogen) atoms. The van der Waals surface area contributed by atoms with E-state index in [1.807, 2.05) is 0 Å². The molecule has 0 atom stereocenters. The van der Waals surface area contributed by atoms with Crippen LogP contribution in [0.15, 0.2) is 0 Å². The number of methoxy groups -OCH3 is 1. The first-order chi connectivity index (χ1) is 7.07. The van der Waals surface area contributed by atoms with Crippen LogP contribution >= 0.6 is 0 Å². The van der Waals surface area contributed by atoms with Gasteiger partial charge in [0.2, 0.25) is 0 Å². The van der Waals surface area contributed by atoms with E-state index in [1.165, 1.54) is 0 Å². The number of hydrogen-bond acceptors (Lipinski definition) is 3. The van der Waals surface area contributed by atoms with Gasteiger partial charge in [0.25, 0.3) is 0 Å². The summed E-state index contributed by atoms with van der Waals surface area (Å²) in [6.45, 7) is 5.96. The second kappa shape index (κ2) is 4.94. The highest BCUT2D eigenvalue weighted by atomic mass is 16.5. The van der Waals surface area contributed by atoms with Gasteiger partial charge in [-0.25, -0.2) is 0 Å². The summed E-state index contributed by atoms with van der Waals surface area (Å²) in [5.41, 5.74) is -0.157. The minimum Gasteiger partial charge on any atom is -0.481 e. The summed E-state index contributed by atoms with van der Waals surface area (Å²) in [7, 11) is 1.69. The largest absolute Gasteiger partial charge is 0.481 e. The van der Waals surface area contributed by atoms with Gasteiger partial charge in [-0.05, 0) is 25.9 Å². The van der Waals surface area contributed by atoms with Crippen LogP contribution in [-0.4, -0.2) is 47.8 Å². The lowest BCUT2D eigenvalue weighted by Crippen LogP contribution is -2.60. The third-order valence-electron chi connectivity index (χ3n) is 3.46. The first-order valence-corrected chi connectivity index (χ1v) is 5.57. The number of carboxylic acid groups (broad SMARTS) is 1. The Kier molecular flexibility index (Phi) is 4.11. The normalized spacial score (nSPS) is 30.3. The topological polar surface area (TPSA) is 49.8 Å². The van der Waals surface area contributed by atoms with Gasteiger partial charge in [0.05, 0.1) is 12.5 Å². The Morgan fingerprint density at radius 1 is 1.47 bits per heavy atom. The first-order valence-electron chi connectivity index (χ1n) is 5.57. The van der Waals surface area contributed by atoms with Gasteiger partial charge in [0, 0.05) is 12.6 Å². The zero-order valence-electron chi connectivity index (χ0n) is 9.82. The van der Waals surface area contributed by atoms with Gasteiger partial charge in [-0.15, -0.1) is 0 Å². The summed E-state index contributed by atoms with van der Waals surface area (Å²) < 4.78 is 5.24. The summed E-state index contributed by atoms with van der Waals surface area (Å²) >= 11 is 0. The standard InChI is InChI=1S/C11H21NO3/c1-4-12(5-2)11(8-10(13)14)6-9(7-11)15-3/h9H,4-8H2,1-3H3,(H,13,14). The van der Waals surface area contributed by atoms with Crippen molar-refractivity contribution in [2.24, 2.45) is 0 Å². The summed E-state index contributed by atoms with van der Waals surface area (Å²) in [5.74, 6) is -0.712. The number of carbonyl (C=O) groups is 1. The monoisotopic (exact) mass is 215 g/mol. The first kappa shape index (κ1) is 12.5. The maximum Gasteiger partial charge on any atom is 0.305 e. The van der Waals surface area contributed by atoms with E-state index in [1.54, 1.807) is 7.11 Å². The van der Waals surface area contributed by atoms with Gasteiger partial charge in [0.15, 0.2) is 0 Å². The predicted molar refractivity (Wildman–Crippen MR) is 57.9 cm³/mol. The van der Waals surface area contributed by atoms with Crippen molar-refractivity contribution in [3.63, 3.8) is 0 Å². The van der Waals surface area contributed by atoms with Gasteiger partial charge in [-0.3, -0.25) is 9.69 Å². The SMILES string of the molecule is CCN(CC)C1(CC(=O)O)CC(OC)C1. The molecular formula is C11H21NO3. The van der Waals surface area contributed by atoms with Crippen LogP contribution in [0.4, 0.5) is 0 Å². The Labute approximate surface area is 91.2 Å². The number of aliphatic carboxylic acids is 1. The summed E-state index contributed by atoms with van der Waals surface area (Å²) in [4.78, 5) is 13.1.